The zero-order valence-corrected chi connectivity index (χ0v) is 17.8. The minimum atomic E-state index is 0.159. The van der Waals surface area contributed by atoms with Crippen molar-refractivity contribution in [2.75, 3.05) is 47.6 Å². The zero-order chi connectivity index (χ0) is 20.2. The maximum absolute atomic E-state index is 12.8. The molecule has 0 spiro atoms. The topological polar surface area (TPSA) is 64.6 Å². The normalized spacial score (nSPS) is 10.7. The number of quaternary nitrogens is 1. The number of hydrogen-bond acceptors (Lipinski definition) is 5. The fourth-order valence-corrected chi connectivity index (χ4v) is 3.63. The molecule has 0 radical (unpaired) electrons. The van der Waals surface area contributed by atoms with Gasteiger partial charge in [-0.1, -0.05) is 12.1 Å². The number of benzene rings is 1. The Morgan fingerprint density at radius 2 is 1.96 bits per heavy atom. The van der Waals surface area contributed by atoms with Crippen LogP contribution in [0.25, 0.3) is 0 Å². The van der Waals surface area contributed by atoms with Crippen molar-refractivity contribution >= 4 is 17.2 Å². The highest BCUT2D eigenvalue weighted by Crippen LogP contribution is 2.27. The van der Waals surface area contributed by atoms with Crippen LogP contribution in [-0.2, 0) is 22.5 Å². The van der Waals surface area contributed by atoms with Crippen LogP contribution in [0.15, 0.2) is 35.7 Å². The molecule has 0 fully saturated rings. The molecule has 154 valence electrons. The van der Waals surface area contributed by atoms with Gasteiger partial charge in [-0.2, -0.15) is 0 Å². The van der Waals surface area contributed by atoms with Crippen LogP contribution in [0.4, 0.5) is 0 Å². The third-order valence-corrected chi connectivity index (χ3v) is 5.33. The Balaban J connectivity index is 1.96. The van der Waals surface area contributed by atoms with E-state index in [0.29, 0.717) is 31.1 Å². The molecule has 7 heteroatoms. The number of nitrogens with two attached hydrogens (primary N) is 1. The summed E-state index contributed by atoms with van der Waals surface area (Å²) in [7, 11) is 4.96. The number of methoxy groups -OCH3 is 3. The lowest BCUT2D eigenvalue weighted by molar-refractivity contribution is -0.645. The molecule has 2 rings (SSSR count). The number of hydrogen-bond donors (Lipinski definition) is 1. The van der Waals surface area contributed by atoms with E-state index in [1.807, 2.05) is 34.5 Å². The second-order valence-corrected chi connectivity index (χ2v) is 7.49. The van der Waals surface area contributed by atoms with Gasteiger partial charge in [-0.05, 0) is 35.6 Å². The molecule has 2 N–H and O–H groups in total. The van der Waals surface area contributed by atoms with E-state index >= 15 is 0 Å². The number of thiophene rings is 1. The summed E-state index contributed by atoms with van der Waals surface area (Å²) in [6, 6.07) is 10.00. The molecule has 1 aromatic carbocycles. The first kappa shape index (κ1) is 22.2. The van der Waals surface area contributed by atoms with Crippen LogP contribution in [-0.4, -0.2) is 58.4 Å². The average Bonchev–Trinajstić information content (AvgIpc) is 3.23. The first-order valence-corrected chi connectivity index (χ1v) is 10.4. The van der Waals surface area contributed by atoms with Crippen molar-refractivity contribution in [2.24, 2.45) is 0 Å². The van der Waals surface area contributed by atoms with Gasteiger partial charge in [-0.25, -0.2) is 0 Å². The standard InChI is InChI=1S/C21H30N2O4S/c1-25-12-5-10-22-15-21(24)23(16-18-6-4-13-28-18)11-9-17-7-8-19(26-2)20(14-17)27-3/h4,6-8,13-14,22H,5,9-12,15-16H2,1-3H3/p+1. The van der Waals surface area contributed by atoms with E-state index in [4.69, 9.17) is 14.2 Å². The van der Waals surface area contributed by atoms with Crippen LogP contribution in [0.3, 0.4) is 0 Å². The summed E-state index contributed by atoms with van der Waals surface area (Å²) < 4.78 is 15.7. The van der Waals surface area contributed by atoms with Crippen molar-refractivity contribution in [1.82, 2.24) is 4.90 Å². The summed E-state index contributed by atoms with van der Waals surface area (Å²) >= 11 is 1.68. The maximum Gasteiger partial charge on any atom is 0.278 e. The predicted molar refractivity (Wildman–Crippen MR) is 111 cm³/mol. The zero-order valence-electron chi connectivity index (χ0n) is 17.0. The number of nitrogens with zero attached hydrogens (tertiary/aromatic N) is 1. The summed E-state index contributed by atoms with van der Waals surface area (Å²) in [5.41, 5.74) is 1.12. The first-order valence-electron chi connectivity index (χ1n) is 9.49. The predicted octanol–water partition coefficient (Wildman–Crippen LogP) is 1.94. The van der Waals surface area contributed by atoms with Gasteiger partial charge in [0.15, 0.2) is 18.0 Å². The number of rotatable bonds is 13. The Hall–Kier alpha value is -2.09. The van der Waals surface area contributed by atoms with E-state index < -0.39 is 0 Å². The van der Waals surface area contributed by atoms with E-state index in [9.17, 15) is 4.79 Å². The van der Waals surface area contributed by atoms with Crippen LogP contribution in [0.5, 0.6) is 11.5 Å². The van der Waals surface area contributed by atoms with Gasteiger partial charge in [-0.3, -0.25) is 4.79 Å². The van der Waals surface area contributed by atoms with Crippen molar-refractivity contribution in [2.45, 2.75) is 19.4 Å². The Morgan fingerprint density at radius 3 is 2.64 bits per heavy atom. The molecule has 28 heavy (non-hydrogen) atoms. The van der Waals surface area contributed by atoms with Crippen molar-refractivity contribution in [3.05, 3.63) is 46.2 Å². The second-order valence-electron chi connectivity index (χ2n) is 6.46. The fraction of sp³-hybridized carbons (Fsp3) is 0.476. The molecule has 1 amide bonds. The molecule has 0 bridgehead atoms. The van der Waals surface area contributed by atoms with Crippen LogP contribution in [0.1, 0.15) is 16.9 Å². The van der Waals surface area contributed by atoms with Crippen LogP contribution in [0.2, 0.25) is 0 Å². The maximum atomic E-state index is 12.8. The monoisotopic (exact) mass is 407 g/mol. The second kappa shape index (κ2) is 12.4. The van der Waals surface area contributed by atoms with Crippen molar-refractivity contribution in [3.63, 3.8) is 0 Å². The molecule has 1 heterocycles. The summed E-state index contributed by atoms with van der Waals surface area (Å²) in [6.45, 7) is 3.39. The average molecular weight is 408 g/mol. The van der Waals surface area contributed by atoms with Gasteiger partial charge in [0.2, 0.25) is 0 Å². The molecule has 1 aromatic heterocycles. The minimum Gasteiger partial charge on any atom is -0.493 e. The summed E-state index contributed by atoms with van der Waals surface area (Å²) in [5, 5.41) is 4.10. The Kier molecular flexibility index (Phi) is 9.82. The highest BCUT2D eigenvalue weighted by Gasteiger charge is 2.16. The molecule has 2 aromatic rings. The van der Waals surface area contributed by atoms with Gasteiger partial charge in [0.25, 0.3) is 5.91 Å². The number of carbonyl (C=O) groups excluding carboxylic acids is 1. The molecule has 0 aliphatic carbocycles. The highest BCUT2D eigenvalue weighted by atomic mass is 32.1. The molecule has 0 unspecified atom stereocenters. The quantitative estimate of drug-likeness (QED) is 0.516. The van der Waals surface area contributed by atoms with Crippen molar-refractivity contribution in [1.29, 1.82) is 0 Å². The molecule has 0 saturated carbocycles. The molecule has 0 aliphatic heterocycles. The highest BCUT2D eigenvalue weighted by molar-refractivity contribution is 7.09. The third-order valence-electron chi connectivity index (χ3n) is 4.47. The Bertz CT molecular complexity index is 706. The molecular weight excluding hydrogens is 376 g/mol. The van der Waals surface area contributed by atoms with Gasteiger partial charge in [0.1, 0.15) is 0 Å². The van der Waals surface area contributed by atoms with Gasteiger partial charge in [0.05, 0.1) is 33.9 Å². The Morgan fingerprint density at radius 1 is 1.14 bits per heavy atom. The van der Waals surface area contributed by atoms with E-state index in [1.165, 1.54) is 4.88 Å². The van der Waals surface area contributed by atoms with Crippen LogP contribution < -0.4 is 14.8 Å². The van der Waals surface area contributed by atoms with Crippen LogP contribution >= 0.6 is 11.3 Å². The molecule has 0 aliphatic rings. The fourth-order valence-electron chi connectivity index (χ4n) is 2.91. The minimum absolute atomic E-state index is 0.159. The van der Waals surface area contributed by atoms with Gasteiger partial charge in [-0.15, -0.1) is 11.3 Å². The van der Waals surface area contributed by atoms with Gasteiger partial charge in [0, 0.05) is 25.0 Å². The molecule has 0 saturated heterocycles. The SMILES string of the molecule is COCCC[NH2+]CC(=O)N(CCc1ccc(OC)c(OC)c1)Cc1cccs1. The lowest BCUT2D eigenvalue weighted by Gasteiger charge is -2.22. The van der Waals surface area contributed by atoms with Gasteiger partial charge < -0.3 is 24.4 Å². The lowest BCUT2D eigenvalue weighted by Crippen LogP contribution is -2.86. The number of ether oxygens (including phenoxy) is 3. The first-order chi connectivity index (χ1) is 13.7. The van der Waals surface area contributed by atoms with Crippen LogP contribution in [0, 0.1) is 0 Å². The molecule has 6 nitrogen and oxygen atoms in total. The van der Waals surface area contributed by atoms with E-state index in [0.717, 1.165) is 31.6 Å². The summed E-state index contributed by atoms with van der Waals surface area (Å²) in [6.07, 6.45) is 1.71. The van der Waals surface area contributed by atoms with E-state index in [1.54, 1.807) is 32.7 Å². The largest absolute Gasteiger partial charge is 0.493 e. The van der Waals surface area contributed by atoms with Crippen molar-refractivity contribution < 1.29 is 24.3 Å². The smallest absolute Gasteiger partial charge is 0.278 e. The van der Waals surface area contributed by atoms with Gasteiger partial charge >= 0.3 is 0 Å². The molecule has 0 atom stereocenters. The van der Waals surface area contributed by atoms with E-state index in [2.05, 4.69) is 11.4 Å². The molecular formula is C21H31N2O4S+. The van der Waals surface area contributed by atoms with Crippen molar-refractivity contribution in [3.8, 4) is 11.5 Å². The lowest BCUT2D eigenvalue weighted by atomic mass is 10.1. The Labute approximate surface area is 171 Å². The summed E-state index contributed by atoms with van der Waals surface area (Å²) in [5.74, 6) is 1.58. The summed E-state index contributed by atoms with van der Waals surface area (Å²) in [4.78, 5) is 15.9. The number of carbonyl (C=O) groups is 1. The third kappa shape index (κ3) is 7.14. The van der Waals surface area contributed by atoms with E-state index in [-0.39, 0.29) is 5.91 Å². The number of amides is 1.